The number of nitrogens with two attached hydrogens (primary N) is 1. The van der Waals surface area contributed by atoms with Gasteiger partial charge in [-0.15, -0.1) is 0 Å². The van der Waals surface area contributed by atoms with Crippen molar-refractivity contribution < 1.29 is 4.79 Å². The zero-order chi connectivity index (χ0) is 16.9. The Hall–Kier alpha value is -3.14. The largest absolute Gasteiger partial charge is 0.366 e. The van der Waals surface area contributed by atoms with Gasteiger partial charge in [-0.05, 0) is 35.2 Å². The van der Waals surface area contributed by atoms with Crippen LogP contribution in [0.25, 0.3) is 11.1 Å². The molecule has 0 fully saturated rings. The lowest BCUT2D eigenvalue weighted by atomic mass is 9.98. The second-order valence-electron chi connectivity index (χ2n) is 5.47. The minimum atomic E-state index is -0.467. The lowest BCUT2D eigenvalue weighted by Gasteiger charge is -2.07. The van der Waals surface area contributed by atoms with E-state index < -0.39 is 5.91 Å². The molecule has 24 heavy (non-hydrogen) atoms. The van der Waals surface area contributed by atoms with Crippen LogP contribution in [0.15, 0.2) is 71.7 Å². The summed E-state index contributed by atoms with van der Waals surface area (Å²) in [6.07, 6.45) is 3.97. The first-order valence-corrected chi connectivity index (χ1v) is 7.64. The maximum Gasteiger partial charge on any atom is 0.251 e. The highest BCUT2D eigenvalue weighted by molar-refractivity contribution is 5.94. The molecular weight excluding hydrogens is 300 g/mol. The number of nitrogens with one attached hydrogen (secondary N) is 1. The van der Waals surface area contributed by atoms with E-state index in [0.29, 0.717) is 17.5 Å². The van der Waals surface area contributed by atoms with Crippen molar-refractivity contribution >= 4 is 5.91 Å². The number of carbonyl (C=O) groups is 1. The van der Waals surface area contributed by atoms with Gasteiger partial charge < -0.3 is 10.7 Å². The van der Waals surface area contributed by atoms with E-state index in [2.05, 4.69) is 4.98 Å². The van der Waals surface area contributed by atoms with Gasteiger partial charge in [-0.2, -0.15) is 0 Å². The Balaban J connectivity index is 1.86. The van der Waals surface area contributed by atoms with Gasteiger partial charge >= 0.3 is 0 Å². The monoisotopic (exact) mass is 317 g/mol. The number of amides is 1. The van der Waals surface area contributed by atoms with Crippen LogP contribution in [0.4, 0.5) is 0 Å². The molecular formula is C20H17N2O2. The van der Waals surface area contributed by atoms with Gasteiger partial charge in [0.2, 0.25) is 5.91 Å². The van der Waals surface area contributed by atoms with Crippen LogP contribution in [-0.4, -0.2) is 10.9 Å². The van der Waals surface area contributed by atoms with E-state index in [9.17, 15) is 9.59 Å². The summed E-state index contributed by atoms with van der Waals surface area (Å²) < 4.78 is 0. The molecule has 2 aromatic carbocycles. The molecule has 0 spiro atoms. The van der Waals surface area contributed by atoms with Gasteiger partial charge in [-0.1, -0.05) is 48.5 Å². The Labute approximate surface area is 140 Å². The standard InChI is InChI=1S/C20H17N2O2/c21-19(23)18-9-5-4-8-15(18)10-11-16-12-17(13-22-20(16)24)14-6-2-1-3-7-14/h1-9,11-13H,10H2,(H2,21,23)(H,22,24). The number of aromatic amines is 1. The van der Waals surface area contributed by atoms with Crippen LogP contribution < -0.4 is 11.3 Å². The third-order valence-corrected chi connectivity index (χ3v) is 3.86. The molecule has 4 heteroatoms. The molecule has 1 aromatic heterocycles. The first-order chi connectivity index (χ1) is 11.6. The van der Waals surface area contributed by atoms with Crippen molar-refractivity contribution in [1.29, 1.82) is 0 Å². The van der Waals surface area contributed by atoms with Crippen molar-refractivity contribution in [2.75, 3.05) is 0 Å². The van der Waals surface area contributed by atoms with E-state index in [-0.39, 0.29) is 5.56 Å². The third kappa shape index (κ3) is 3.43. The maximum atomic E-state index is 12.1. The van der Waals surface area contributed by atoms with Gasteiger partial charge in [0, 0.05) is 23.7 Å². The molecule has 3 rings (SSSR count). The zero-order valence-corrected chi connectivity index (χ0v) is 13.0. The fraction of sp³-hybridized carbons (Fsp3) is 0.0500. The number of carbonyl (C=O) groups excluding carboxylic acids is 1. The lowest BCUT2D eigenvalue weighted by molar-refractivity contribution is 0.0999. The molecule has 0 bridgehead atoms. The number of aromatic nitrogens is 1. The fourth-order valence-corrected chi connectivity index (χ4v) is 2.61. The minimum Gasteiger partial charge on any atom is -0.366 e. The molecule has 3 aromatic rings. The van der Waals surface area contributed by atoms with Crippen LogP contribution >= 0.6 is 0 Å². The van der Waals surface area contributed by atoms with Crippen molar-refractivity contribution in [2.24, 2.45) is 5.73 Å². The Morgan fingerprint density at radius 3 is 2.46 bits per heavy atom. The quantitative estimate of drug-likeness (QED) is 0.759. The van der Waals surface area contributed by atoms with Crippen molar-refractivity contribution in [2.45, 2.75) is 6.42 Å². The van der Waals surface area contributed by atoms with Gasteiger partial charge in [0.25, 0.3) is 5.56 Å². The predicted molar refractivity (Wildman–Crippen MR) is 94.6 cm³/mol. The highest BCUT2D eigenvalue weighted by Crippen LogP contribution is 2.19. The Morgan fingerprint density at radius 1 is 1.00 bits per heavy atom. The summed E-state index contributed by atoms with van der Waals surface area (Å²) in [5, 5.41) is 0. The first-order valence-electron chi connectivity index (χ1n) is 7.64. The van der Waals surface area contributed by atoms with Crippen LogP contribution in [0, 0.1) is 6.42 Å². The highest BCUT2D eigenvalue weighted by atomic mass is 16.1. The van der Waals surface area contributed by atoms with Crippen LogP contribution in [-0.2, 0) is 6.42 Å². The van der Waals surface area contributed by atoms with Crippen molar-refractivity contribution in [3.8, 4) is 11.1 Å². The second kappa shape index (κ2) is 6.96. The van der Waals surface area contributed by atoms with Crippen LogP contribution in [0.2, 0.25) is 0 Å². The fourth-order valence-electron chi connectivity index (χ4n) is 2.61. The van der Waals surface area contributed by atoms with Gasteiger partial charge in [0.1, 0.15) is 0 Å². The molecule has 0 atom stereocenters. The number of hydrogen-bond acceptors (Lipinski definition) is 2. The van der Waals surface area contributed by atoms with Crippen molar-refractivity contribution in [3.05, 3.63) is 100 Å². The lowest BCUT2D eigenvalue weighted by Crippen LogP contribution is -2.15. The number of primary amides is 1. The van der Waals surface area contributed by atoms with Crippen LogP contribution in [0.5, 0.6) is 0 Å². The topological polar surface area (TPSA) is 76.0 Å². The average molecular weight is 317 g/mol. The molecule has 4 nitrogen and oxygen atoms in total. The molecule has 1 heterocycles. The molecule has 0 aliphatic rings. The summed E-state index contributed by atoms with van der Waals surface area (Å²) >= 11 is 0. The Bertz CT molecular complexity index is 914. The molecule has 0 saturated heterocycles. The third-order valence-electron chi connectivity index (χ3n) is 3.86. The number of benzene rings is 2. The molecule has 119 valence electrons. The van der Waals surface area contributed by atoms with Gasteiger partial charge in [0.05, 0.1) is 0 Å². The number of pyridine rings is 1. The Kier molecular flexibility index (Phi) is 4.57. The van der Waals surface area contributed by atoms with Gasteiger partial charge in [-0.3, -0.25) is 9.59 Å². The second-order valence-corrected chi connectivity index (χ2v) is 5.47. The number of rotatable bonds is 5. The van der Waals surface area contributed by atoms with E-state index in [1.54, 1.807) is 18.3 Å². The summed E-state index contributed by atoms with van der Waals surface area (Å²) in [5.41, 5.74) is 9.04. The molecule has 1 radical (unpaired) electrons. The van der Waals surface area contributed by atoms with Gasteiger partial charge in [-0.25, -0.2) is 0 Å². The summed E-state index contributed by atoms with van der Waals surface area (Å²) in [4.78, 5) is 26.3. The van der Waals surface area contributed by atoms with E-state index in [1.807, 2.05) is 55.0 Å². The SMILES string of the molecule is NC(=O)c1ccccc1C[CH]c1cc(-c2ccccc2)c[nH]c1=O. The van der Waals surface area contributed by atoms with E-state index in [0.717, 1.165) is 16.7 Å². The van der Waals surface area contributed by atoms with Crippen molar-refractivity contribution in [1.82, 2.24) is 4.98 Å². The minimum absolute atomic E-state index is 0.161. The maximum absolute atomic E-state index is 12.1. The van der Waals surface area contributed by atoms with E-state index in [4.69, 9.17) is 5.73 Å². The van der Waals surface area contributed by atoms with E-state index >= 15 is 0 Å². The molecule has 3 N–H and O–H groups in total. The van der Waals surface area contributed by atoms with Crippen molar-refractivity contribution in [3.63, 3.8) is 0 Å². The molecule has 0 saturated carbocycles. The zero-order valence-electron chi connectivity index (χ0n) is 13.0. The van der Waals surface area contributed by atoms with Crippen LogP contribution in [0.3, 0.4) is 0 Å². The highest BCUT2D eigenvalue weighted by Gasteiger charge is 2.09. The molecule has 0 aliphatic heterocycles. The smallest absolute Gasteiger partial charge is 0.251 e. The average Bonchev–Trinajstić information content (AvgIpc) is 2.62. The molecule has 0 unspecified atom stereocenters. The van der Waals surface area contributed by atoms with Gasteiger partial charge in [0.15, 0.2) is 0 Å². The number of hydrogen-bond donors (Lipinski definition) is 2. The van der Waals surface area contributed by atoms with Crippen LogP contribution in [0.1, 0.15) is 21.5 Å². The molecule has 1 amide bonds. The first kappa shape index (κ1) is 15.7. The summed E-state index contributed by atoms with van der Waals surface area (Å²) in [6, 6.07) is 18.8. The summed E-state index contributed by atoms with van der Waals surface area (Å²) in [6.45, 7) is 0. The predicted octanol–water partition coefficient (Wildman–Crippen LogP) is 2.94. The summed E-state index contributed by atoms with van der Waals surface area (Å²) in [5.74, 6) is -0.467. The normalized spacial score (nSPS) is 10.5. The summed E-state index contributed by atoms with van der Waals surface area (Å²) in [7, 11) is 0. The Morgan fingerprint density at radius 2 is 1.71 bits per heavy atom. The number of H-pyrrole nitrogens is 1. The van der Waals surface area contributed by atoms with E-state index in [1.165, 1.54) is 0 Å². The molecule has 0 aliphatic carbocycles.